The molecule has 1 aliphatic rings. The maximum atomic E-state index is 5.66. The molecule has 3 nitrogen and oxygen atoms in total. The van der Waals surface area contributed by atoms with Crippen LogP contribution in [0.2, 0.25) is 0 Å². The molecule has 0 saturated carbocycles. The summed E-state index contributed by atoms with van der Waals surface area (Å²) in [5, 5.41) is 7.85. The van der Waals surface area contributed by atoms with E-state index in [2.05, 4.69) is 24.3 Å². The second-order valence-corrected chi connectivity index (χ2v) is 6.88. The van der Waals surface area contributed by atoms with Gasteiger partial charge in [0, 0.05) is 18.5 Å². The summed E-state index contributed by atoms with van der Waals surface area (Å²) in [6.45, 7) is 6.37. The van der Waals surface area contributed by atoms with Gasteiger partial charge in [-0.25, -0.2) is 0 Å². The average Bonchev–Trinajstić information content (AvgIpc) is 2.81. The van der Waals surface area contributed by atoms with E-state index in [1.165, 1.54) is 56.9 Å². The second kappa shape index (κ2) is 9.24. The number of aryl methyl sites for hydroxylation is 1. The van der Waals surface area contributed by atoms with Crippen molar-refractivity contribution < 1.29 is 4.52 Å². The lowest BCUT2D eigenvalue weighted by molar-refractivity contribution is 0.368. The molecule has 0 amide bonds. The largest absolute Gasteiger partial charge is 0.361 e. The zero-order chi connectivity index (χ0) is 14.9. The summed E-state index contributed by atoms with van der Waals surface area (Å²) in [4.78, 5) is 0. The Hall–Kier alpha value is -0.830. The number of hydrogen-bond acceptors (Lipinski definition) is 3. The molecule has 0 bridgehead atoms. The van der Waals surface area contributed by atoms with E-state index < -0.39 is 0 Å². The van der Waals surface area contributed by atoms with Crippen molar-refractivity contribution in [3.63, 3.8) is 0 Å². The van der Waals surface area contributed by atoms with Crippen molar-refractivity contribution in [3.05, 3.63) is 17.0 Å². The van der Waals surface area contributed by atoms with Gasteiger partial charge in [-0.2, -0.15) is 0 Å². The number of rotatable bonds is 4. The third-order valence-corrected chi connectivity index (χ3v) is 4.38. The topological polar surface area (TPSA) is 38.1 Å². The van der Waals surface area contributed by atoms with Gasteiger partial charge in [0.1, 0.15) is 11.5 Å². The highest BCUT2D eigenvalue weighted by Crippen LogP contribution is 2.22. The van der Waals surface area contributed by atoms with Crippen LogP contribution in [-0.2, 0) is 19.4 Å². The zero-order valence-corrected chi connectivity index (χ0v) is 13.9. The molecule has 0 aromatic carbocycles. The van der Waals surface area contributed by atoms with Crippen molar-refractivity contribution in [2.75, 3.05) is 6.54 Å². The number of aromatic nitrogens is 1. The SMILES string of the molecule is CC(C)CNCc1noc2c1CCCCCCCCCC2. The predicted molar refractivity (Wildman–Crippen MR) is 87.4 cm³/mol. The minimum Gasteiger partial charge on any atom is -0.361 e. The summed E-state index contributed by atoms with van der Waals surface area (Å²) in [7, 11) is 0. The Labute approximate surface area is 129 Å². The van der Waals surface area contributed by atoms with Crippen LogP contribution in [0.15, 0.2) is 4.52 Å². The van der Waals surface area contributed by atoms with Crippen LogP contribution in [0.1, 0.15) is 82.2 Å². The molecule has 0 atom stereocenters. The Morgan fingerprint density at radius 2 is 1.57 bits per heavy atom. The van der Waals surface area contributed by atoms with Gasteiger partial charge in [-0.1, -0.05) is 57.5 Å². The minimum absolute atomic E-state index is 0.678. The van der Waals surface area contributed by atoms with Crippen molar-refractivity contribution in [2.24, 2.45) is 5.92 Å². The van der Waals surface area contributed by atoms with Gasteiger partial charge in [0.25, 0.3) is 0 Å². The molecule has 2 rings (SSSR count). The molecular weight excluding hydrogens is 260 g/mol. The molecule has 3 heteroatoms. The summed E-state index contributed by atoms with van der Waals surface area (Å²) in [6, 6.07) is 0. The Morgan fingerprint density at radius 1 is 0.952 bits per heavy atom. The van der Waals surface area contributed by atoms with Crippen molar-refractivity contribution in [1.29, 1.82) is 0 Å². The lowest BCUT2D eigenvalue weighted by atomic mass is 9.98. The van der Waals surface area contributed by atoms with Crippen LogP contribution in [0.5, 0.6) is 0 Å². The summed E-state index contributed by atoms with van der Waals surface area (Å²) in [6.07, 6.45) is 13.0. The van der Waals surface area contributed by atoms with E-state index in [1.807, 2.05) is 0 Å². The fourth-order valence-electron chi connectivity index (χ4n) is 3.13. The fraction of sp³-hybridized carbons (Fsp3) is 0.833. The number of nitrogens with one attached hydrogen (secondary N) is 1. The summed E-state index contributed by atoms with van der Waals surface area (Å²) >= 11 is 0. The van der Waals surface area contributed by atoms with Crippen LogP contribution < -0.4 is 5.32 Å². The van der Waals surface area contributed by atoms with Gasteiger partial charge in [0.15, 0.2) is 0 Å². The molecular formula is C18H32N2O. The van der Waals surface area contributed by atoms with Crippen LogP contribution in [0.3, 0.4) is 0 Å². The smallest absolute Gasteiger partial charge is 0.140 e. The van der Waals surface area contributed by atoms with Crippen molar-refractivity contribution in [1.82, 2.24) is 10.5 Å². The molecule has 1 aromatic rings. The molecule has 120 valence electrons. The van der Waals surface area contributed by atoms with Crippen LogP contribution >= 0.6 is 0 Å². The van der Waals surface area contributed by atoms with Crippen LogP contribution in [0, 0.1) is 5.92 Å². The van der Waals surface area contributed by atoms with E-state index >= 15 is 0 Å². The van der Waals surface area contributed by atoms with E-state index in [0.29, 0.717) is 5.92 Å². The van der Waals surface area contributed by atoms with E-state index in [1.54, 1.807) is 0 Å². The molecule has 0 unspecified atom stereocenters. The molecule has 0 radical (unpaired) electrons. The molecule has 1 heterocycles. The molecule has 0 saturated heterocycles. The van der Waals surface area contributed by atoms with Crippen molar-refractivity contribution in [2.45, 2.75) is 84.6 Å². The zero-order valence-electron chi connectivity index (χ0n) is 13.9. The van der Waals surface area contributed by atoms with Crippen molar-refractivity contribution >= 4 is 0 Å². The maximum Gasteiger partial charge on any atom is 0.140 e. The summed E-state index contributed by atoms with van der Waals surface area (Å²) in [5.74, 6) is 1.84. The predicted octanol–water partition coefficient (Wildman–Crippen LogP) is 4.64. The first kappa shape index (κ1) is 16.5. The monoisotopic (exact) mass is 292 g/mol. The van der Waals surface area contributed by atoms with Gasteiger partial charge in [0.05, 0.1) is 0 Å². The number of nitrogens with zero attached hydrogens (tertiary/aromatic N) is 1. The highest BCUT2D eigenvalue weighted by atomic mass is 16.5. The minimum atomic E-state index is 0.678. The Balaban J connectivity index is 1.96. The first-order chi connectivity index (χ1) is 10.3. The maximum absolute atomic E-state index is 5.66. The average molecular weight is 292 g/mol. The van der Waals surface area contributed by atoms with E-state index in [-0.39, 0.29) is 0 Å². The quantitative estimate of drug-likeness (QED) is 0.878. The lowest BCUT2D eigenvalue weighted by Gasteiger charge is -2.09. The Kier molecular flexibility index (Phi) is 7.28. The molecule has 1 aliphatic carbocycles. The van der Waals surface area contributed by atoms with Gasteiger partial charge >= 0.3 is 0 Å². The first-order valence-electron chi connectivity index (χ1n) is 8.94. The molecule has 0 aliphatic heterocycles. The van der Waals surface area contributed by atoms with Crippen LogP contribution in [0.25, 0.3) is 0 Å². The molecule has 1 N–H and O–H groups in total. The van der Waals surface area contributed by atoms with Gasteiger partial charge in [0.2, 0.25) is 0 Å². The van der Waals surface area contributed by atoms with Gasteiger partial charge < -0.3 is 9.84 Å². The summed E-state index contributed by atoms with van der Waals surface area (Å²) < 4.78 is 5.66. The van der Waals surface area contributed by atoms with E-state index in [4.69, 9.17) is 4.52 Å². The number of fused-ring (bicyclic) bond motifs is 1. The normalized spacial score (nSPS) is 18.0. The van der Waals surface area contributed by atoms with E-state index in [0.717, 1.165) is 37.4 Å². The Morgan fingerprint density at radius 3 is 2.24 bits per heavy atom. The van der Waals surface area contributed by atoms with Crippen LogP contribution in [0.4, 0.5) is 0 Å². The third-order valence-electron chi connectivity index (χ3n) is 4.38. The van der Waals surface area contributed by atoms with Gasteiger partial charge in [-0.15, -0.1) is 0 Å². The highest BCUT2D eigenvalue weighted by Gasteiger charge is 2.15. The highest BCUT2D eigenvalue weighted by molar-refractivity contribution is 5.23. The summed E-state index contributed by atoms with van der Waals surface area (Å²) in [5.41, 5.74) is 2.56. The fourth-order valence-corrected chi connectivity index (χ4v) is 3.13. The third kappa shape index (κ3) is 5.82. The second-order valence-electron chi connectivity index (χ2n) is 6.88. The van der Waals surface area contributed by atoms with Crippen LogP contribution in [-0.4, -0.2) is 11.7 Å². The Bertz CT molecular complexity index is 398. The van der Waals surface area contributed by atoms with Crippen molar-refractivity contribution in [3.8, 4) is 0 Å². The number of hydrogen-bond donors (Lipinski definition) is 1. The van der Waals surface area contributed by atoms with Gasteiger partial charge in [-0.05, 0) is 31.7 Å². The lowest BCUT2D eigenvalue weighted by Crippen LogP contribution is -2.20. The van der Waals surface area contributed by atoms with E-state index in [9.17, 15) is 0 Å². The molecule has 21 heavy (non-hydrogen) atoms. The van der Waals surface area contributed by atoms with Gasteiger partial charge in [-0.3, -0.25) is 0 Å². The molecule has 1 aromatic heterocycles. The standard InChI is InChI=1S/C18H32N2O/c1-15(2)13-19-14-17-16-11-9-7-5-3-4-6-8-10-12-18(16)21-20-17/h15,19H,3-14H2,1-2H3. The molecule has 0 fully saturated rings. The first-order valence-corrected chi connectivity index (χ1v) is 8.94. The molecule has 0 spiro atoms.